The van der Waals surface area contributed by atoms with Gasteiger partial charge in [-0.3, -0.25) is 9.59 Å². The smallest absolute Gasteiger partial charge is 0.307 e. The molecule has 1 aromatic rings. The van der Waals surface area contributed by atoms with Gasteiger partial charge in [0.15, 0.2) is 0 Å². The summed E-state index contributed by atoms with van der Waals surface area (Å²) in [6.45, 7) is 4.06. The Hall–Kier alpha value is -1.88. The van der Waals surface area contributed by atoms with Gasteiger partial charge in [-0.05, 0) is 25.8 Å². The number of benzene rings is 1. The van der Waals surface area contributed by atoms with Gasteiger partial charge in [0.25, 0.3) is 0 Å². The molecule has 1 aromatic carbocycles. The quantitative estimate of drug-likeness (QED) is 0.795. The first-order valence-corrected chi connectivity index (χ1v) is 7.36. The Morgan fingerprint density at radius 3 is 2.67 bits per heavy atom. The summed E-state index contributed by atoms with van der Waals surface area (Å²) in [5, 5.41) is 6.22. The third-order valence-corrected chi connectivity index (χ3v) is 3.68. The fourth-order valence-corrected chi connectivity index (χ4v) is 2.54. The zero-order valence-corrected chi connectivity index (χ0v) is 12.5. The first-order chi connectivity index (χ1) is 10.1. The van der Waals surface area contributed by atoms with E-state index in [9.17, 15) is 9.59 Å². The summed E-state index contributed by atoms with van der Waals surface area (Å²) >= 11 is 0. The van der Waals surface area contributed by atoms with Gasteiger partial charge < -0.3 is 15.4 Å². The van der Waals surface area contributed by atoms with E-state index in [-0.39, 0.29) is 36.4 Å². The minimum Gasteiger partial charge on any atom is -0.466 e. The molecule has 1 aliphatic rings. The molecular formula is C16H22N2O3. The lowest BCUT2D eigenvalue weighted by molar-refractivity contribution is -0.144. The average molecular weight is 290 g/mol. The molecule has 0 aliphatic carbocycles. The highest BCUT2D eigenvalue weighted by atomic mass is 16.5. The molecule has 0 radical (unpaired) electrons. The fourth-order valence-electron chi connectivity index (χ4n) is 2.54. The summed E-state index contributed by atoms with van der Waals surface area (Å²) in [5.41, 5.74) is 1.09. The van der Waals surface area contributed by atoms with Gasteiger partial charge in [0, 0.05) is 12.1 Å². The molecule has 0 saturated carbocycles. The normalized spacial score (nSPS) is 25.2. The number of esters is 1. The Morgan fingerprint density at radius 2 is 2.00 bits per heavy atom. The molecule has 0 spiro atoms. The number of rotatable bonds is 5. The second kappa shape index (κ2) is 7.22. The predicted molar refractivity (Wildman–Crippen MR) is 79.7 cm³/mol. The second-order valence-corrected chi connectivity index (χ2v) is 5.32. The van der Waals surface area contributed by atoms with Gasteiger partial charge in [0.05, 0.1) is 19.1 Å². The van der Waals surface area contributed by atoms with Crippen molar-refractivity contribution in [2.45, 2.75) is 44.8 Å². The topological polar surface area (TPSA) is 67.4 Å². The lowest BCUT2D eigenvalue weighted by Crippen LogP contribution is -2.63. The van der Waals surface area contributed by atoms with Gasteiger partial charge >= 0.3 is 5.97 Å². The Bertz CT molecular complexity index is 490. The summed E-state index contributed by atoms with van der Waals surface area (Å²) in [5.74, 6) is -0.261. The van der Waals surface area contributed by atoms with Crippen LogP contribution in [0.3, 0.4) is 0 Å². The standard InChI is InChI=1S/C16H22N2O3/c1-3-21-15(19)10-13-11(2)17-16(20)14(18-13)9-12-7-5-4-6-8-12/h4-8,11,13-14,18H,3,9-10H2,1-2H3,(H,17,20)/t11-,13-,14+/m1/s1. The molecule has 1 fully saturated rings. The van der Waals surface area contributed by atoms with Crippen molar-refractivity contribution >= 4 is 11.9 Å². The van der Waals surface area contributed by atoms with Crippen LogP contribution in [-0.2, 0) is 20.7 Å². The number of carbonyl (C=O) groups excluding carboxylic acids is 2. The maximum absolute atomic E-state index is 12.1. The lowest BCUT2D eigenvalue weighted by atomic mass is 9.96. The molecule has 1 saturated heterocycles. The zero-order chi connectivity index (χ0) is 15.2. The van der Waals surface area contributed by atoms with Gasteiger partial charge in [-0.25, -0.2) is 0 Å². The predicted octanol–water partition coefficient (Wildman–Crippen LogP) is 1.03. The van der Waals surface area contributed by atoms with Crippen LogP contribution >= 0.6 is 0 Å². The van der Waals surface area contributed by atoms with Gasteiger partial charge in [-0.15, -0.1) is 0 Å². The fraction of sp³-hybridized carbons (Fsp3) is 0.500. The van der Waals surface area contributed by atoms with Crippen LogP contribution in [0.1, 0.15) is 25.8 Å². The van der Waals surface area contributed by atoms with Crippen molar-refractivity contribution in [1.82, 2.24) is 10.6 Å². The van der Waals surface area contributed by atoms with Gasteiger partial charge in [-0.1, -0.05) is 30.3 Å². The molecule has 5 nitrogen and oxygen atoms in total. The van der Waals surface area contributed by atoms with E-state index in [4.69, 9.17) is 4.74 Å². The van der Waals surface area contributed by atoms with Crippen molar-refractivity contribution in [1.29, 1.82) is 0 Å². The summed E-state index contributed by atoms with van der Waals surface area (Å²) in [4.78, 5) is 23.7. The first kappa shape index (κ1) is 15.5. The summed E-state index contributed by atoms with van der Waals surface area (Å²) in [7, 11) is 0. The number of hydrogen-bond acceptors (Lipinski definition) is 4. The first-order valence-electron chi connectivity index (χ1n) is 7.36. The van der Waals surface area contributed by atoms with E-state index < -0.39 is 0 Å². The van der Waals surface area contributed by atoms with Gasteiger partial charge in [-0.2, -0.15) is 0 Å². The van der Waals surface area contributed by atoms with Crippen molar-refractivity contribution in [3.05, 3.63) is 35.9 Å². The highest BCUT2D eigenvalue weighted by Gasteiger charge is 2.33. The Morgan fingerprint density at radius 1 is 1.29 bits per heavy atom. The van der Waals surface area contributed by atoms with Crippen LogP contribution in [0, 0.1) is 0 Å². The molecule has 1 amide bonds. The van der Waals surface area contributed by atoms with Crippen molar-refractivity contribution in [2.75, 3.05) is 6.61 Å². The van der Waals surface area contributed by atoms with Crippen molar-refractivity contribution < 1.29 is 14.3 Å². The lowest BCUT2D eigenvalue weighted by Gasteiger charge is -2.35. The van der Waals surface area contributed by atoms with Crippen molar-refractivity contribution in [3.63, 3.8) is 0 Å². The van der Waals surface area contributed by atoms with Crippen molar-refractivity contribution in [2.24, 2.45) is 0 Å². The highest BCUT2D eigenvalue weighted by Crippen LogP contribution is 2.12. The molecule has 21 heavy (non-hydrogen) atoms. The van der Waals surface area contributed by atoms with E-state index in [2.05, 4.69) is 10.6 Å². The number of amides is 1. The Balaban J connectivity index is 1.98. The van der Waals surface area contributed by atoms with E-state index in [1.54, 1.807) is 6.92 Å². The van der Waals surface area contributed by atoms with E-state index in [0.717, 1.165) is 5.56 Å². The third-order valence-electron chi connectivity index (χ3n) is 3.68. The number of piperazine rings is 1. The summed E-state index contributed by atoms with van der Waals surface area (Å²) in [6.07, 6.45) is 0.874. The molecule has 0 aromatic heterocycles. The van der Waals surface area contributed by atoms with Crippen LogP contribution in [0.15, 0.2) is 30.3 Å². The zero-order valence-electron chi connectivity index (χ0n) is 12.5. The number of ether oxygens (including phenoxy) is 1. The maximum Gasteiger partial charge on any atom is 0.307 e. The average Bonchev–Trinajstić information content (AvgIpc) is 2.45. The summed E-state index contributed by atoms with van der Waals surface area (Å²) < 4.78 is 4.98. The minimum atomic E-state index is -0.317. The molecule has 3 atom stereocenters. The molecular weight excluding hydrogens is 268 g/mol. The van der Waals surface area contributed by atoms with E-state index in [1.165, 1.54) is 0 Å². The minimum absolute atomic E-state index is 0.0218. The Labute approximate surface area is 125 Å². The van der Waals surface area contributed by atoms with Crippen LogP contribution in [0.4, 0.5) is 0 Å². The van der Waals surface area contributed by atoms with Crippen LogP contribution in [-0.4, -0.2) is 36.6 Å². The van der Waals surface area contributed by atoms with Gasteiger partial charge in [0.1, 0.15) is 0 Å². The molecule has 114 valence electrons. The molecule has 2 N–H and O–H groups in total. The number of carbonyl (C=O) groups is 2. The molecule has 5 heteroatoms. The third kappa shape index (κ3) is 4.29. The SMILES string of the molecule is CCOC(=O)C[C@H]1N[C@@H](Cc2ccccc2)C(=O)N[C@@H]1C. The van der Waals surface area contributed by atoms with E-state index in [0.29, 0.717) is 13.0 Å². The largest absolute Gasteiger partial charge is 0.466 e. The molecule has 0 bridgehead atoms. The van der Waals surface area contributed by atoms with Crippen LogP contribution < -0.4 is 10.6 Å². The van der Waals surface area contributed by atoms with E-state index in [1.807, 2.05) is 37.3 Å². The molecule has 0 unspecified atom stereocenters. The molecule has 1 heterocycles. The van der Waals surface area contributed by atoms with Crippen LogP contribution in [0.5, 0.6) is 0 Å². The summed E-state index contributed by atoms with van der Waals surface area (Å²) in [6, 6.07) is 9.33. The molecule has 1 aliphatic heterocycles. The number of hydrogen-bond donors (Lipinski definition) is 2. The second-order valence-electron chi connectivity index (χ2n) is 5.32. The van der Waals surface area contributed by atoms with Crippen molar-refractivity contribution in [3.8, 4) is 0 Å². The number of nitrogens with one attached hydrogen (secondary N) is 2. The molecule has 2 rings (SSSR count). The van der Waals surface area contributed by atoms with Gasteiger partial charge in [0.2, 0.25) is 5.91 Å². The van der Waals surface area contributed by atoms with Crippen LogP contribution in [0.25, 0.3) is 0 Å². The maximum atomic E-state index is 12.1. The monoisotopic (exact) mass is 290 g/mol. The van der Waals surface area contributed by atoms with Crippen LogP contribution in [0.2, 0.25) is 0 Å². The highest BCUT2D eigenvalue weighted by molar-refractivity contribution is 5.83. The Kier molecular flexibility index (Phi) is 5.33. The van der Waals surface area contributed by atoms with E-state index >= 15 is 0 Å².